The number of ether oxygens (including phenoxy) is 1. The molecule has 0 atom stereocenters. The summed E-state index contributed by atoms with van der Waals surface area (Å²) in [7, 11) is 3.30. The van der Waals surface area contributed by atoms with Crippen LogP contribution in [0.3, 0.4) is 0 Å². The highest BCUT2D eigenvalue weighted by Crippen LogP contribution is 2.18. The zero-order valence-electron chi connectivity index (χ0n) is 18.2. The number of anilines is 2. The zero-order valence-corrected chi connectivity index (χ0v) is 18.2. The molecule has 3 rings (SSSR count). The van der Waals surface area contributed by atoms with Gasteiger partial charge in [-0.25, -0.2) is 4.68 Å². The smallest absolute Gasteiger partial charge is 0.239 e. The number of hydrogen-bond donors (Lipinski definition) is 2. The second-order valence-electron chi connectivity index (χ2n) is 7.42. The van der Waals surface area contributed by atoms with Crippen LogP contribution in [0.15, 0.2) is 54.6 Å². The number of benzene rings is 2. The number of likely N-dealkylation sites (N-methyl/N-ethyl adjacent to an activating group) is 1. The molecule has 2 amide bonds. The highest BCUT2D eigenvalue weighted by Gasteiger charge is 2.14. The van der Waals surface area contributed by atoms with Gasteiger partial charge in [-0.2, -0.15) is 5.10 Å². The van der Waals surface area contributed by atoms with Crippen LogP contribution in [0.2, 0.25) is 0 Å². The lowest BCUT2D eigenvalue weighted by Gasteiger charge is -2.16. The molecule has 0 bridgehead atoms. The van der Waals surface area contributed by atoms with Crippen molar-refractivity contribution in [3.8, 4) is 11.4 Å². The van der Waals surface area contributed by atoms with E-state index in [0.29, 0.717) is 17.3 Å². The molecule has 8 heteroatoms. The fraction of sp³-hybridized carbons (Fsp3) is 0.261. The number of carbonyl (C=O) groups excluding carboxylic acids is 2. The topological polar surface area (TPSA) is 88.5 Å². The number of aromatic nitrogens is 2. The van der Waals surface area contributed by atoms with Gasteiger partial charge in [-0.3, -0.25) is 14.5 Å². The monoisotopic (exact) mass is 421 g/mol. The zero-order chi connectivity index (χ0) is 22.4. The molecule has 0 aliphatic heterocycles. The maximum Gasteiger partial charge on any atom is 0.239 e. The van der Waals surface area contributed by atoms with Crippen molar-refractivity contribution in [3.63, 3.8) is 0 Å². The predicted molar refractivity (Wildman–Crippen MR) is 121 cm³/mol. The van der Waals surface area contributed by atoms with Gasteiger partial charge in [0.05, 0.1) is 31.6 Å². The van der Waals surface area contributed by atoms with Gasteiger partial charge in [0.1, 0.15) is 11.6 Å². The Balaban J connectivity index is 1.55. The van der Waals surface area contributed by atoms with E-state index in [2.05, 4.69) is 15.7 Å². The Morgan fingerprint density at radius 3 is 2.19 bits per heavy atom. The third kappa shape index (κ3) is 6.16. The summed E-state index contributed by atoms with van der Waals surface area (Å²) in [4.78, 5) is 26.4. The molecule has 0 saturated carbocycles. The van der Waals surface area contributed by atoms with E-state index >= 15 is 0 Å². The molecule has 0 saturated heterocycles. The van der Waals surface area contributed by atoms with Crippen molar-refractivity contribution in [1.29, 1.82) is 0 Å². The Bertz CT molecular complexity index is 1040. The summed E-state index contributed by atoms with van der Waals surface area (Å²) in [6, 6.07) is 16.8. The van der Waals surface area contributed by atoms with Crippen molar-refractivity contribution in [2.24, 2.45) is 0 Å². The summed E-state index contributed by atoms with van der Waals surface area (Å²) in [6.45, 7) is 4.03. The van der Waals surface area contributed by atoms with Gasteiger partial charge in [-0.15, -0.1) is 0 Å². The average molecular weight is 422 g/mol. The largest absolute Gasteiger partial charge is 0.497 e. The maximum absolute atomic E-state index is 12.5. The number of nitrogens with zero attached hydrogens (tertiary/aromatic N) is 3. The highest BCUT2D eigenvalue weighted by molar-refractivity contribution is 5.94. The number of aryl methyl sites for hydroxylation is 2. The van der Waals surface area contributed by atoms with Crippen LogP contribution in [0.1, 0.15) is 11.3 Å². The van der Waals surface area contributed by atoms with Gasteiger partial charge in [0.15, 0.2) is 0 Å². The van der Waals surface area contributed by atoms with Crippen LogP contribution in [0.5, 0.6) is 5.75 Å². The van der Waals surface area contributed by atoms with E-state index in [4.69, 9.17) is 4.74 Å². The summed E-state index contributed by atoms with van der Waals surface area (Å²) in [5, 5.41) is 10.2. The van der Waals surface area contributed by atoms with Gasteiger partial charge in [0.25, 0.3) is 0 Å². The van der Waals surface area contributed by atoms with E-state index in [1.165, 1.54) is 0 Å². The van der Waals surface area contributed by atoms with Crippen LogP contribution in [0.25, 0.3) is 5.69 Å². The molecule has 0 radical (unpaired) electrons. The molecule has 8 nitrogen and oxygen atoms in total. The lowest BCUT2D eigenvalue weighted by molar-refractivity contribution is -0.119. The summed E-state index contributed by atoms with van der Waals surface area (Å²) >= 11 is 0. The van der Waals surface area contributed by atoms with Gasteiger partial charge in [-0.05, 0) is 57.3 Å². The van der Waals surface area contributed by atoms with E-state index in [0.717, 1.165) is 16.9 Å². The first-order valence-electron chi connectivity index (χ1n) is 9.90. The normalized spacial score (nSPS) is 10.7. The molecule has 0 spiro atoms. The fourth-order valence-electron chi connectivity index (χ4n) is 3.07. The van der Waals surface area contributed by atoms with Crippen molar-refractivity contribution in [2.45, 2.75) is 13.8 Å². The number of hydrogen-bond acceptors (Lipinski definition) is 5. The lowest BCUT2D eigenvalue weighted by atomic mass is 10.2. The van der Waals surface area contributed by atoms with Gasteiger partial charge < -0.3 is 15.4 Å². The third-order valence-electron chi connectivity index (χ3n) is 4.58. The molecule has 0 unspecified atom stereocenters. The predicted octanol–water partition coefficient (Wildman–Crippen LogP) is 3.01. The second kappa shape index (κ2) is 9.90. The van der Waals surface area contributed by atoms with Crippen molar-refractivity contribution in [1.82, 2.24) is 14.7 Å². The van der Waals surface area contributed by atoms with Crippen LogP contribution in [-0.2, 0) is 9.59 Å². The Hall–Kier alpha value is -3.65. The van der Waals surface area contributed by atoms with Crippen LogP contribution in [0.4, 0.5) is 11.5 Å². The molecule has 2 aromatic carbocycles. The number of rotatable bonds is 8. The summed E-state index contributed by atoms with van der Waals surface area (Å²) < 4.78 is 6.80. The maximum atomic E-state index is 12.5. The van der Waals surface area contributed by atoms with Crippen LogP contribution >= 0.6 is 0 Å². The highest BCUT2D eigenvalue weighted by atomic mass is 16.5. The third-order valence-corrected chi connectivity index (χ3v) is 4.58. The van der Waals surface area contributed by atoms with E-state index in [1.807, 2.05) is 44.2 Å². The van der Waals surface area contributed by atoms with Crippen molar-refractivity contribution in [2.75, 3.05) is 37.9 Å². The minimum atomic E-state index is -0.229. The average Bonchev–Trinajstić information content (AvgIpc) is 3.08. The first-order chi connectivity index (χ1) is 14.8. The summed E-state index contributed by atoms with van der Waals surface area (Å²) in [5.41, 5.74) is 3.47. The molecule has 1 heterocycles. The molecular weight excluding hydrogens is 394 g/mol. The molecule has 0 aliphatic rings. The summed E-state index contributed by atoms with van der Waals surface area (Å²) in [6.07, 6.45) is 0. The first kappa shape index (κ1) is 22.0. The quantitative estimate of drug-likeness (QED) is 0.584. The second-order valence-corrected chi connectivity index (χ2v) is 7.42. The number of nitrogens with one attached hydrogen (secondary N) is 2. The Morgan fingerprint density at radius 1 is 0.968 bits per heavy atom. The number of methoxy groups -OCH3 is 1. The molecule has 162 valence electrons. The van der Waals surface area contributed by atoms with E-state index in [-0.39, 0.29) is 24.9 Å². The molecule has 2 N–H and O–H groups in total. The molecule has 0 fully saturated rings. The Kier molecular flexibility index (Phi) is 7.04. The van der Waals surface area contributed by atoms with E-state index in [1.54, 1.807) is 48.0 Å². The molecule has 3 aromatic rings. The first-order valence-corrected chi connectivity index (χ1v) is 9.90. The minimum Gasteiger partial charge on any atom is -0.497 e. The van der Waals surface area contributed by atoms with Crippen LogP contribution < -0.4 is 15.4 Å². The van der Waals surface area contributed by atoms with Gasteiger partial charge in [0.2, 0.25) is 11.8 Å². The van der Waals surface area contributed by atoms with E-state index < -0.39 is 0 Å². The SMILES string of the molecule is COc1ccc(NC(=O)CN(C)CC(=O)Nc2cc(C)nn2-c2ccc(C)cc2)cc1. The summed E-state index contributed by atoms with van der Waals surface area (Å²) in [5.74, 6) is 0.864. The molecule has 1 aromatic heterocycles. The lowest BCUT2D eigenvalue weighted by Crippen LogP contribution is -2.36. The number of carbonyl (C=O) groups is 2. The Labute approximate surface area is 181 Å². The van der Waals surface area contributed by atoms with Crippen LogP contribution in [-0.4, -0.2) is 53.7 Å². The van der Waals surface area contributed by atoms with E-state index in [9.17, 15) is 9.59 Å². The molecule has 31 heavy (non-hydrogen) atoms. The fourth-order valence-corrected chi connectivity index (χ4v) is 3.07. The number of amides is 2. The van der Waals surface area contributed by atoms with Crippen LogP contribution in [0, 0.1) is 13.8 Å². The van der Waals surface area contributed by atoms with Gasteiger partial charge >= 0.3 is 0 Å². The molecular formula is C23H27N5O3. The Morgan fingerprint density at radius 2 is 1.58 bits per heavy atom. The minimum absolute atomic E-state index is 0.0636. The van der Waals surface area contributed by atoms with Crippen molar-refractivity contribution in [3.05, 3.63) is 65.9 Å². The van der Waals surface area contributed by atoms with Crippen molar-refractivity contribution >= 4 is 23.3 Å². The molecule has 0 aliphatic carbocycles. The van der Waals surface area contributed by atoms with Gasteiger partial charge in [0, 0.05) is 11.8 Å². The van der Waals surface area contributed by atoms with Gasteiger partial charge in [-0.1, -0.05) is 17.7 Å². The van der Waals surface area contributed by atoms with Crippen molar-refractivity contribution < 1.29 is 14.3 Å². The standard InChI is InChI=1S/C23H27N5O3/c1-16-5-9-19(10-6-16)28-21(13-17(2)26-28)25-23(30)15-27(3)14-22(29)24-18-7-11-20(31-4)12-8-18/h5-13H,14-15H2,1-4H3,(H,24,29)(H,25,30).